The normalized spacial score (nSPS) is 11.5. The van der Waals surface area contributed by atoms with Crippen LogP contribution in [0.2, 0.25) is 5.02 Å². The Morgan fingerprint density at radius 2 is 1.90 bits per heavy atom. The summed E-state index contributed by atoms with van der Waals surface area (Å²) in [7, 11) is 0. The number of carboxylic acid groups (broad SMARTS) is 1. The Kier molecular flexibility index (Phi) is 6.67. The molecule has 9 heteroatoms. The molecule has 0 atom stereocenters. The maximum atomic E-state index is 13.5. The number of nitrogens with zero attached hydrogens (tertiary/aromatic N) is 1. The van der Waals surface area contributed by atoms with Gasteiger partial charge in [0.2, 0.25) is 0 Å². The van der Waals surface area contributed by atoms with Crippen molar-refractivity contribution in [3.63, 3.8) is 0 Å². The number of carboxylic acids is 1. The molecule has 0 fully saturated rings. The van der Waals surface area contributed by atoms with Gasteiger partial charge in [0.15, 0.2) is 0 Å². The number of aromatic nitrogens is 1. The van der Waals surface area contributed by atoms with E-state index in [0.717, 1.165) is 11.1 Å². The monoisotopic (exact) mass is 455 g/mol. The molecule has 0 spiro atoms. The molecule has 0 unspecified atom stereocenters. The molecule has 4 nitrogen and oxygen atoms in total. The average molecular weight is 456 g/mol. The van der Waals surface area contributed by atoms with Crippen LogP contribution in [0.25, 0.3) is 11.3 Å². The first-order valence-electron chi connectivity index (χ1n) is 8.91. The van der Waals surface area contributed by atoms with Gasteiger partial charge in [-0.2, -0.15) is 17.5 Å². The second-order valence-electron chi connectivity index (χ2n) is 6.61. The van der Waals surface area contributed by atoms with Gasteiger partial charge in [0.1, 0.15) is 17.2 Å². The first-order chi connectivity index (χ1) is 14.1. The van der Waals surface area contributed by atoms with E-state index in [2.05, 4.69) is 4.37 Å². The summed E-state index contributed by atoms with van der Waals surface area (Å²) in [6, 6.07) is 11.4. The van der Waals surface area contributed by atoms with Crippen LogP contribution in [0, 0.1) is 6.92 Å². The summed E-state index contributed by atoms with van der Waals surface area (Å²) in [4.78, 5) is 10.0. The highest BCUT2D eigenvalue weighted by molar-refractivity contribution is 7.06. The van der Waals surface area contributed by atoms with E-state index < -0.39 is 17.0 Å². The third-order valence-corrected chi connectivity index (χ3v) is 5.66. The highest BCUT2D eigenvalue weighted by atomic mass is 35.5. The average Bonchev–Trinajstić information content (AvgIpc) is 3.11. The summed E-state index contributed by atoms with van der Waals surface area (Å²) in [6.45, 7) is 1.51. The van der Waals surface area contributed by atoms with Gasteiger partial charge in [0.25, 0.3) is 0 Å². The molecule has 1 aromatic heterocycles. The van der Waals surface area contributed by atoms with Crippen LogP contribution in [0.15, 0.2) is 42.5 Å². The van der Waals surface area contributed by atoms with Crippen molar-refractivity contribution in [1.29, 1.82) is 0 Å². The molecule has 0 amide bonds. The number of benzene rings is 2. The molecule has 3 rings (SSSR count). The van der Waals surface area contributed by atoms with Crippen LogP contribution in [0.1, 0.15) is 28.0 Å². The topological polar surface area (TPSA) is 59.4 Å². The highest BCUT2D eigenvalue weighted by Gasteiger charge is 2.38. The molecule has 3 aromatic rings. The lowest BCUT2D eigenvalue weighted by Gasteiger charge is -2.13. The van der Waals surface area contributed by atoms with Gasteiger partial charge in [-0.1, -0.05) is 29.8 Å². The van der Waals surface area contributed by atoms with Crippen LogP contribution in [-0.2, 0) is 24.0 Å². The molecule has 1 heterocycles. The summed E-state index contributed by atoms with van der Waals surface area (Å²) in [5.74, 6) is -0.560. The van der Waals surface area contributed by atoms with Crippen molar-refractivity contribution in [2.24, 2.45) is 0 Å². The summed E-state index contributed by atoms with van der Waals surface area (Å²) in [5, 5.41) is 9.34. The molecule has 0 saturated heterocycles. The van der Waals surface area contributed by atoms with Gasteiger partial charge in [0.05, 0.1) is 5.69 Å². The number of hydrogen-bond donors (Lipinski definition) is 1. The Hall–Kier alpha value is -2.58. The molecule has 0 saturated carbocycles. The Bertz CT molecular complexity index is 1050. The van der Waals surface area contributed by atoms with Crippen LogP contribution in [0.4, 0.5) is 13.2 Å². The van der Waals surface area contributed by atoms with Crippen molar-refractivity contribution >= 4 is 29.1 Å². The summed E-state index contributed by atoms with van der Waals surface area (Å²) in [5.41, 5.74) is 2.31. The van der Waals surface area contributed by atoms with Crippen molar-refractivity contribution in [1.82, 2.24) is 4.37 Å². The third kappa shape index (κ3) is 5.31. The SMILES string of the molecule is Cc1ccc(OCc2c(-c3ccc(Cl)cc3)nsc2C(F)(F)F)cc1CCC(=O)O. The van der Waals surface area contributed by atoms with E-state index in [1.165, 1.54) is 0 Å². The van der Waals surface area contributed by atoms with Crippen LogP contribution in [0.3, 0.4) is 0 Å². The Morgan fingerprint density at radius 3 is 2.53 bits per heavy atom. The van der Waals surface area contributed by atoms with Gasteiger partial charge >= 0.3 is 12.1 Å². The van der Waals surface area contributed by atoms with Crippen LogP contribution < -0.4 is 4.74 Å². The van der Waals surface area contributed by atoms with E-state index in [0.29, 0.717) is 34.3 Å². The molecule has 0 aliphatic carbocycles. The summed E-state index contributed by atoms with van der Waals surface area (Å²) >= 11 is 6.25. The minimum atomic E-state index is -4.55. The number of rotatable bonds is 7. The molecule has 30 heavy (non-hydrogen) atoms. The number of ether oxygens (including phenoxy) is 1. The van der Waals surface area contributed by atoms with E-state index in [4.69, 9.17) is 21.4 Å². The number of aliphatic carboxylic acids is 1. The van der Waals surface area contributed by atoms with Crippen molar-refractivity contribution in [2.75, 3.05) is 0 Å². The second-order valence-corrected chi connectivity index (χ2v) is 7.82. The molecule has 0 radical (unpaired) electrons. The molecular formula is C21H17ClF3NO3S. The van der Waals surface area contributed by atoms with E-state index >= 15 is 0 Å². The van der Waals surface area contributed by atoms with E-state index in [-0.39, 0.29) is 24.3 Å². The largest absolute Gasteiger partial charge is 0.489 e. The Morgan fingerprint density at radius 1 is 1.20 bits per heavy atom. The fraction of sp³-hybridized carbons (Fsp3) is 0.238. The third-order valence-electron chi connectivity index (χ3n) is 4.48. The Balaban J connectivity index is 1.89. The zero-order chi connectivity index (χ0) is 21.9. The minimum absolute atomic E-state index is 0.0440. The number of aryl methyl sites for hydroxylation is 2. The first kappa shape index (κ1) is 22.1. The lowest BCUT2D eigenvalue weighted by Crippen LogP contribution is -2.08. The number of alkyl halides is 3. The lowest BCUT2D eigenvalue weighted by molar-refractivity contribution is -0.137. The highest BCUT2D eigenvalue weighted by Crippen LogP contribution is 2.40. The fourth-order valence-corrected chi connectivity index (χ4v) is 3.80. The lowest BCUT2D eigenvalue weighted by atomic mass is 10.0. The maximum Gasteiger partial charge on any atom is 0.427 e. The predicted octanol–water partition coefficient (Wildman–Crippen LogP) is 6.39. The molecular weight excluding hydrogens is 439 g/mol. The van der Waals surface area contributed by atoms with Gasteiger partial charge in [-0.05, 0) is 60.3 Å². The molecule has 158 valence electrons. The predicted molar refractivity (Wildman–Crippen MR) is 109 cm³/mol. The molecule has 0 aliphatic rings. The van der Waals surface area contributed by atoms with Crippen LogP contribution in [0.5, 0.6) is 5.75 Å². The number of carbonyl (C=O) groups is 1. The van der Waals surface area contributed by atoms with Gasteiger partial charge < -0.3 is 9.84 Å². The minimum Gasteiger partial charge on any atom is -0.489 e. The summed E-state index contributed by atoms with van der Waals surface area (Å²) in [6.07, 6.45) is -4.29. The van der Waals surface area contributed by atoms with Crippen LogP contribution >= 0.6 is 23.1 Å². The van der Waals surface area contributed by atoms with Gasteiger partial charge in [0, 0.05) is 22.6 Å². The zero-order valence-corrected chi connectivity index (χ0v) is 17.4. The van der Waals surface area contributed by atoms with E-state index in [1.54, 1.807) is 42.5 Å². The van der Waals surface area contributed by atoms with E-state index in [1.807, 2.05) is 6.92 Å². The van der Waals surface area contributed by atoms with Gasteiger partial charge in [-0.3, -0.25) is 4.79 Å². The van der Waals surface area contributed by atoms with Crippen molar-refractivity contribution in [3.05, 3.63) is 69.1 Å². The van der Waals surface area contributed by atoms with Crippen molar-refractivity contribution in [2.45, 2.75) is 32.5 Å². The Labute approximate surface area is 180 Å². The fourth-order valence-electron chi connectivity index (χ4n) is 2.90. The first-order valence-corrected chi connectivity index (χ1v) is 10.1. The van der Waals surface area contributed by atoms with Gasteiger partial charge in [-0.25, -0.2) is 0 Å². The van der Waals surface area contributed by atoms with Crippen molar-refractivity contribution < 1.29 is 27.8 Å². The van der Waals surface area contributed by atoms with Crippen LogP contribution in [-0.4, -0.2) is 15.4 Å². The smallest absolute Gasteiger partial charge is 0.427 e. The quantitative estimate of drug-likeness (QED) is 0.448. The van der Waals surface area contributed by atoms with Gasteiger partial charge in [-0.15, -0.1) is 0 Å². The summed E-state index contributed by atoms with van der Waals surface area (Å²) < 4.78 is 50.2. The standard InChI is InChI=1S/C21H17ClF3NO3S/c1-12-2-8-16(10-14(12)5-9-18(27)28)29-11-17-19(13-3-6-15(22)7-4-13)26-30-20(17)21(23,24)25/h2-4,6-8,10H,5,9,11H2,1H3,(H,27,28). The maximum absolute atomic E-state index is 13.5. The van der Waals surface area contributed by atoms with Crippen molar-refractivity contribution in [3.8, 4) is 17.0 Å². The van der Waals surface area contributed by atoms with E-state index in [9.17, 15) is 18.0 Å². The molecule has 0 bridgehead atoms. The number of hydrogen-bond acceptors (Lipinski definition) is 4. The second kappa shape index (κ2) is 9.06. The molecule has 1 N–H and O–H groups in total. The molecule has 0 aliphatic heterocycles. The molecule has 2 aromatic carbocycles. The zero-order valence-electron chi connectivity index (χ0n) is 15.8. The number of halogens is 4.